The van der Waals surface area contributed by atoms with Gasteiger partial charge >= 0.3 is 0 Å². The van der Waals surface area contributed by atoms with Gasteiger partial charge in [0.2, 0.25) is 0 Å². The van der Waals surface area contributed by atoms with Crippen LogP contribution in [-0.4, -0.2) is 50.8 Å². The van der Waals surface area contributed by atoms with E-state index >= 15 is 0 Å². The van der Waals surface area contributed by atoms with Crippen LogP contribution in [-0.2, 0) is 4.74 Å². The summed E-state index contributed by atoms with van der Waals surface area (Å²) in [7, 11) is 3.13. The number of rotatable bonds is 7. The number of nitrogens with zero attached hydrogens (tertiary/aromatic N) is 1. The molecule has 134 valence electrons. The summed E-state index contributed by atoms with van der Waals surface area (Å²) in [6, 6.07) is 5.39. The number of methoxy groups -OCH3 is 2. The summed E-state index contributed by atoms with van der Waals surface area (Å²) in [6.07, 6.45) is 3.44. The second-order valence-corrected chi connectivity index (χ2v) is 6.61. The molecule has 1 aromatic rings. The minimum Gasteiger partial charge on any atom is -0.493 e. The molecule has 1 atom stereocenters. The molecule has 1 saturated heterocycles. The Hall–Kier alpha value is -1.75. The SMILES string of the molecule is COc1cccc(C(=O)N2CCO[C@@H](CCCC(C)C)C2)c1OC. The third kappa shape index (κ3) is 4.63. The van der Waals surface area contributed by atoms with Crippen LogP contribution < -0.4 is 9.47 Å². The number of carbonyl (C=O) groups is 1. The number of para-hydroxylation sites is 1. The fourth-order valence-electron chi connectivity index (χ4n) is 3.06. The van der Waals surface area contributed by atoms with Crippen LogP contribution in [0.3, 0.4) is 0 Å². The van der Waals surface area contributed by atoms with E-state index < -0.39 is 0 Å². The number of benzene rings is 1. The minimum absolute atomic E-state index is 0.0251. The average Bonchev–Trinajstić information content (AvgIpc) is 2.60. The molecule has 0 radical (unpaired) electrons. The summed E-state index contributed by atoms with van der Waals surface area (Å²) in [5.74, 6) is 1.74. The van der Waals surface area contributed by atoms with E-state index in [0.717, 1.165) is 12.8 Å². The van der Waals surface area contributed by atoms with Gasteiger partial charge in [-0.2, -0.15) is 0 Å². The van der Waals surface area contributed by atoms with Crippen molar-refractivity contribution in [2.45, 2.75) is 39.2 Å². The maximum absolute atomic E-state index is 12.9. The topological polar surface area (TPSA) is 48.0 Å². The van der Waals surface area contributed by atoms with E-state index in [1.54, 1.807) is 26.4 Å². The van der Waals surface area contributed by atoms with Crippen LogP contribution in [0.15, 0.2) is 18.2 Å². The van der Waals surface area contributed by atoms with Gasteiger partial charge in [0.25, 0.3) is 5.91 Å². The van der Waals surface area contributed by atoms with Gasteiger partial charge in [0, 0.05) is 13.1 Å². The van der Waals surface area contributed by atoms with Crippen LogP contribution in [0.1, 0.15) is 43.5 Å². The predicted octanol–water partition coefficient (Wildman–Crippen LogP) is 3.37. The van der Waals surface area contributed by atoms with Crippen molar-refractivity contribution in [3.8, 4) is 11.5 Å². The number of hydrogen-bond donors (Lipinski definition) is 0. The Bertz CT molecular complexity index is 544. The normalized spacial score (nSPS) is 17.9. The van der Waals surface area contributed by atoms with Crippen LogP contribution in [0.4, 0.5) is 0 Å². The van der Waals surface area contributed by atoms with Gasteiger partial charge in [0.15, 0.2) is 11.5 Å². The van der Waals surface area contributed by atoms with Crippen molar-refractivity contribution in [2.24, 2.45) is 5.92 Å². The smallest absolute Gasteiger partial charge is 0.257 e. The largest absolute Gasteiger partial charge is 0.493 e. The van der Waals surface area contributed by atoms with Gasteiger partial charge in [-0.3, -0.25) is 4.79 Å². The zero-order valence-corrected chi connectivity index (χ0v) is 15.2. The first-order valence-corrected chi connectivity index (χ1v) is 8.68. The second-order valence-electron chi connectivity index (χ2n) is 6.61. The highest BCUT2D eigenvalue weighted by Gasteiger charge is 2.27. The molecule has 1 aliphatic heterocycles. The van der Waals surface area contributed by atoms with Crippen LogP contribution in [0.5, 0.6) is 11.5 Å². The van der Waals surface area contributed by atoms with E-state index in [4.69, 9.17) is 14.2 Å². The fraction of sp³-hybridized carbons (Fsp3) is 0.632. The molecule has 24 heavy (non-hydrogen) atoms. The third-order valence-corrected chi connectivity index (χ3v) is 4.37. The van der Waals surface area contributed by atoms with Gasteiger partial charge in [-0.05, 0) is 24.5 Å². The van der Waals surface area contributed by atoms with E-state index in [0.29, 0.717) is 42.7 Å². The van der Waals surface area contributed by atoms with Crippen LogP contribution in [0.2, 0.25) is 0 Å². The van der Waals surface area contributed by atoms with E-state index in [9.17, 15) is 4.79 Å². The lowest BCUT2D eigenvalue weighted by molar-refractivity contribution is -0.0261. The van der Waals surface area contributed by atoms with Crippen LogP contribution in [0, 0.1) is 5.92 Å². The maximum atomic E-state index is 12.9. The first-order chi connectivity index (χ1) is 11.6. The maximum Gasteiger partial charge on any atom is 0.257 e. The summed E-state index contributed by atoms with van der Waals surface area (Å²) in [4.78, 5) is 14.8. The van der Waals surface area contributed by atoms with E-state index in [-0.39, 0.29) is 12.0 Å². The first kappa shape index (κ1) is 18.6. The summed E-state index contributed by atoms with van der Waals surface area (Å²) < 4.78 is 16.5. The molecular formula is C19H29NO4. The number of amides is 1. The van der Waals surface area contributed by atoms with Gasteiger partial charge in [-0.15, -0.1) is 0 Å². The van der Waals surface area contributed by atoms with Crippen molar-refractivity contribution >= 4 is 5.91 Å². The third-order valence-electron chi connectivity index (χ3n) is 4.37. The van der Waals surface area contributed by atoms with Gasteiger partial charge in [0.1, 0.15) is 0 Å². The Morgan fingerprint density at radius 3 is 2.79 bits per heavy atom. The van der Waals surface area contributed by atoms with Gasteiger partial charge < -0.3 is 19.1 Å². The highest BCUT2D eigenvalue weighted by molar-refractivity contribution is 5.97. The zero-order chi connectivity index (χ0) is 17.5. The number of hydrogen-bond acceptors (Lipinski definition) is 4. The molecule has 1 aromatic carbocycles. The summed E-state index contributed by atoms with van der Waals surface area (Å²) in [5, 5.41) is 0. The molecule has 2 rings (SSSR count). The molecule has 0 aliphatic carbocycles. The molecular weight excluding hydrogens is 306 g/mol. The highest BCUT2D eigenvalue weighted by Crippen LogP contribution is 2.32. The van der Waals surface area contributed by atoms with Crippen molar-refractivity contribution in [3.05, 3.63) is 23.8 Å². The monoisotopic (exact) mass is 335 g/mol. The molecule has 0 bridgehead atoms. The predicted molar refractivity (Wildman–Crippen MR) is 93.9 cm³/mol. The molecule has 1 aliphatic rings. The highest BCUT2D eigenvalue weighted by atomic mass is 16.5. The fourth-order valence-corrected chi connectivity index (χ4v) is 3.06. The van der Waals surface area contributed by atoms with Gasteiger partial charge in [-0.1, -0.05) is 32.8 Å². The lowest BCUT2D eigenvalue weighted by atomic mass is 10.0. The number of ether oxygens (including phenoxy) is 3. The Labute approximate surface area is 144 Å². The standard InChI is InChI=1S/C19H29NO4/c1-14(2)7-5-8-15-13-20(11-12-24-15)19(21)16-9-6-10-17(22-3)18(16)23-4/h6,9-10,14-15H,5,7-8,11-13H2,1-4H3/t15-/m0/s1. The lowest BCUT2D eigenvalue weighted by Crippen LogP contribution is -2.45. The molecule has 0 N–H and O–H groups in total. The average molecular weight is 335 g/mol. The quantitative estimate of drug-likeness (QED) is 0.766. The van der Waals surface area contributed by atoms with E-state index in [1.807, 2.05) is 11.0 Å². The van der Waals surface area contributed by atoms with Crippen molar-refractivity contribution in [1.29, 1.82) is 0 Å². The van der Waals surface area contributed by atoms with Crippen molar-refractivity contribution in [1.82, 2.24) is 4.90 Å². The van der Waals surface area contributed by atoms with Gasteiger partial charge in [-0.25, -0.2) is 0 Å². The van der Waals surface area contributed by atoms with E-state index in [1.165, 1.54) is 6.42 Å². The number of carbonyl (C=O) groups excluding carboxylic acids is 1. The Morgan fingerprint density at radius 2 is 2.12 bits per heavy atom. The van der Waals surface area contributed by atoms with Crippen molar-refractivity contribution < 1.29 is 19.0 Å². The zero-order valence-electron chi connectivity index (χ0n) is 15.2. The molecule has 5 heteroatoms. The Balaban J connectivity index is 2.04. The molecule has 0 spiro atoms. The molecule has 0 saturated carbocycles. The molecule has 1 fully saturated rings. The molecule has 1 amide bonds. The molecule has 0 aromatic heterocycles. The van der Waals surface area contributed by atoms with Crippen molar-refractivity contribution in [3.63, 3.8) is 0 Å². The summed E-state index contributed by atoms with van der Waals surface area (Å²) in [5.41, 5.74) is 0.541. The molecule has 0 unspecified atom stereocenters. The second kappa shape index (κ2) is 8.92. The number of morpholine rings is 1. The molecule has 1 heterocycles. The Morgan fingerprint density at radius 1 is 1.33 bits per heavy atom. The Kier molecular flexibility index (Phi) is 6.91. The first-order valence-electron chi connectivity index (χ1n) is 8.68. The van der Waals surface area contributed by atoms with Gasteiger partial charge in [0.05, 0.1) is 32.5 Å². The van der Waals surface area contributed by atoms with Crippen LogP contribution >= 0.6 is 0 Å². The van der Waals surface area contributed by atoms with E-state index in [2.05, 4.69) is 13.8 Å². The van der Waals surface area contributed by atoms with Crippen molar-refractivity contribution in [2.75, 3.05) is 33.9 Å². The molecule has 5 nitrogen and oxygen atoms in total. The minimum atomic E-state index is -0.0251. The summed E-state index contributed by atoms with van der Waals surface area (Å²) in [6.45, 7) is 6.29. The lowest BCUT2D eigenvalue weighted by Gasteiger charge is -2.33. The van der Waals surface area contributed by atoms with Crippen LogP contribution in [0.25, 0.3) is 0 Å². The summed E-state index contributed by atoms with van der Waals surface area (Å²) >= 11 is 0.